The average Bonchev–Trinajstić information content (AvgIpc) is 3.45. The summed E-state index contributed by atoms with van der Waals surface area (Å²) in [6, 6.07) is 9.85. The molecular weight excluding hydrogens is 394 g/mol. The molecule has 1 N–H and O–H groups in total. The van der Waals surface area contributed by atoms with Gasteiger partial charge >= 0.3 is 0 Å². The van der Waals surface area contributed by atoms with Crippen molar-refractivity contribution in [2.45, 2.75) is 44.7 Å². The van der Waals surface area contributed by atoms with E-state index in [2.05, 4.69) is 15.3 Å². The van der Waals surface area contributed by atoms with Crippen LogP contribution in [0.2, 0.25) is 0 Å². The van der Waals surface area contributed by atoms with Crippen molar-refractivity contribution in [3.05, 3.63) is 42.1 Å². The highest BCUT2D eigenvalue weighted by molar-refractivity contribution is 5.91. The van der Waals surface area contributed by atoms with E-state index in [1.807, 2.05) is 39.9 Å². The van der Waals surface area contributed by atoms with Crippen LogP contribution in [0, 0.1) is 0 Å². The van der Waals surface area contributed by atoms with Gasteiger partial charge < -0.3 is 15.0 Å². The summed E-state index contributed by atoms with van der Waals surface area (Å²) in [4.78, 5) is 29.1. The third-order valence-electron chi connectivity index (χ3n) is 6.34. The van der Waals surface area contributed by atoms with Crippen LogP contribution in [-0.4, -0.2) is 64.7 Å². The molecule has 2 aromatic rings. The Morgan fingerprint density at radius 3 is 2.68 bits per heavy atom. The number of carbonyl (C=O) groups excluding carboxylic acids is 2. The summed E-state index contributed by atoms with van der Waals surface area (Å²) in [6.45, 7) is 3.67. The van der Waals surface area contributed by atoms with Crippen LogP contribution in [0.25, 0.3) is 0 Å². The molecule has 8 nitrogen and oxygen atoms in total. The maximum Gasteiger partial charge on any atom is 0.239 e. The average molecular weight is 426 g/mol. The van der Waals surface area contributed by atoms with Gasteiger partial charge in [-0.15, -0.1) is 0 Å². The number of aromatic nitrogens is 2. The molecule has 2 fully saturated rings. The number of rotatable bonds is 6. The summed E-state index contributed by atoms with van der Waals surface area (Å²) in [5.41, 5.74) is 0.963. The molecule has 31 heavy (non-hydrogen) atoms. The Kier molecular flexibility index (Phi) is 6.56. The summed E-state index contributed by atoms with van der Waals surface area (Å²) < 4.78 is 7.48. The van der Waals surface area contributed by atoms with Crippen molar-refractivity contribution < 1.29 is 14.3 Å². The van der Waals surface area contributed by atoms with Crippen LogP contribution in [0.15, 0.2) is 36.5 Å². The lowest BCUT2D eigenvalue weighted by Crippen LogP contribution is -2.51. The van der Waals surface area contributed by atoms with Gasteiger partial charge in [0.25, 0.3) is 0 Å². The number of carbonyl (C=O) groups is 2. The minimum absolute atomic E-state index is 0.0282. The molecule has 1 saturated heterocycles. The molecule has 4 rings (SSSR count). The van der Waals surface area contributed by atoms with Crippen LogP contribution >= 0.6 is 0 Å². The predicted molar refractivity (Wildman–Crippen MR) is 118 cm³/mol. The molecule has 1 aromatic heterocycles. The number of para-hydroxylation sites is 1. The quantitative estimate of drug-likeness (QED) is 0.770. The maximum atomic E-state index is 12.8. The van der Waals surface area contributed by atoms with E-state index >= 15 is 0 Å². The highest BCUT2D eigenvalue weighted by Gasteiger charge is 2.32. The van der Waals surface area contributed by atoms with Crippen LogP contribution in [0.1, 0.15) is 50.3 Å². The van der Waals surface area contributed by atoms with Crippen molar-refractivity contribution >= 4 is 17.6 Å². The van der Waals surface area contributed by atoms with Gasteiger partial charge in [-0.25, -0.2) is 4.68 Å². The van der Waals surface area contributed by atoms with Gasteiger partial charge in [0, 0.05) is 38.2 Å². The molecule has 2 aliphatic rings. The van der Waals surface area contributed by atoms with Crippen LogP contribution in [0.3, 0.4) is 0 Å². The molecule has 2 heterocycles. The minimum Gasteiger partial charge on any atom is -0.496 e. The highest BCUT2D eigenvalue weighted by atomic mass is 16.5. The Morgan fingerprint density at radius 2 is 1.94 bits per heavy atom. The number of nitrogens with one attached hydrogen (secondary N) is 1. The third kappa shape index (κ3) is 4.74. The molecule has 1 aliphatic carbocycles. The molecular formula is C23H31N5O3. The van der Waals surface area contributed by atoms with Gasteiger partial charge in [0.05, 0.1) is 31.9 Å². The van der Waals surface area contributed by atoms with Crippen molar-refractivity contribution in [2.24, 2.45) is 0 Å². The largest absolute Gasteiger partial charge is 0.496 e. The number of hydrogen-bond acceptors (Lipinski definition) is 5. The van der Waals surface area contributed by atoms with E-state index < -0.39 is 0 Å². The molecule has 1 atom stereocenters. The van der Waals surface area contributed by atoms with Crippen molar-refractivity contribution in [1.82, 2.24) is 19.6 Å². The fourth-order valence-electron chi connectivity index (χ4n) is 4.81. The first-order valence-corrected chi connectivity index (χ1v) is 11.0. The highest BCUT2D eigenvalue weighted by Crippen LogP contribution is 2.33. The normalized spacial score (nSPS) is 20.1. The molecule has 0 spiro atoms. The fraction of sp³-hybridized carbons (Fsp3) is 0.522. The lowest BCUT2D eigenvalue weighted by molar-refractivity contribution is -0.134. The molecule has 1 aliphatic heterocycles. The number of benzene rings is 1. The van der Waals surface area contributed by atoms with Crippen LogP contribution < -0.4 is 10.1 Å². The second-order valence-corrected chi connectivity index (χ2v) is 8.35. The van der Waals surface area contributed by atoms with E-state index in [1.54, 1.807) is 20.2 Å². The number of hydrogen-bond donors (Lipinski definition) is 1. The van der Waals surface area contributed by atoms with Crippen molar-refractivity contribution in [3.63, 3.8) is 0 Å². The fourth-order valence-corrected chi connectivity index (χ4v) is 4.81. The van der Waals surface area contributed by atoms with Gasteiger partial charge in [-0.05, 0) is 18.9 Å². The van der Waals surface area contributed by atoms with E-state index in [1.165, 1.54) is 12.8 Å². The van der Waals surface area contributed by atoms with Crippen molar-refractivity contribution in [3.8, 4) is 5.75 Å². The zero-order valence-corrected chi connectivity index (χ0v) is 18.3. The van der Waals surface area contributed by atoms with Crippen LogP contribution in [0.4, 0.5) is 5.82 Å². The molecule has 0 bridgehead atoms. The first kappa shape index (κ1) is 21.4. The first-order valence-electron chi connectivity index (χ1n) is 11.0. The van der Waals surface area contributed by atoms with Crippen molar-refractivity contribution in [2.75, 3.05) is 38.6 Å². The third-order valence-corrected chi connectivity index (χ3v) is 6.34. The number of amides is 2. The predicted octanol–water partition coefficient (Wildman–Crippen LogP) is 2.85. The van der Waals surface area contributed by atoms with E-state index in [0.717, 1.165) is 30.0 Å². The second kappa shape index (κ2) is 9.51. The first-order chi connectivity index (χ1) is 15.1. The lowest BCUT2D eigenvalue weighted by Gasteiger charge is -2.41. The number of methoxy groups -OCH3 is 1. The number of nitrogens with zero attached hydrogens (tertiary/aromatic N) is 4. The number of piperazine rings is 1. The van der Waals surface area contributed by atoms with Gasteiger partial charge in [-0.1, -0.05) is 31.0 Å². The Hall–Kier alpha value is -2.87. The van der Waals surface area contributed by atoms with Crippen LogP contribution in [0.5, 0.6) is 5.75 Å². The lowest BCUT2D eigenvalue weighted by atomic mass is 10.0. The molecule has 2 amide bonds. The zero-order chi connectivity index (χ0) is 21.8. The van der Waals surface area contributed by atoms with E-state index in [9.17, 15) is 9.59 Å². The SMILES string of the molecule is COc1ccccc1[C@@H]1CN(CC(=O)Nc2ccnn2C2CCCC2)CCN1C(C)=O. The Labute approximate surface area is 183 Å². The molecule has 8 heteroatoms. The molecule has 0 radical (unpaired) electrons. The van der Waals surface area contributed by atoms with Gasteiger partial charge in [-0.2, -0.15) is 5.10 Å². The van der Waals surface area contributed by atoms with E-state index in [-0.39, 0.29) is 24.4 Å². The Balaban J connectivity index is 1.44. The van der Waals surface area contributed by atoms with Crippen LogP contribution in [-0.2, 0) is 9.59 Å². The van der Waals surface area contributed by atoms with Crippen molar-refractivity contribution in [1.29, 1.82) is 0 Å². The minimum atomic E-state index is -0.154. The van der Waals surface area contributed by atoms with Gasteiger partial charge in [0.15, 0.2) is 0 Å². The second-order valence-electron chi connectivity index (χ2n) is 8.35. The molecule has 1 saturated carbocycles. The van der Waals surface area contributed by atoms with E-state index in [4.69, 9.17) is 4.74 Å². The summed E-state index contributed by atoms with van der Waals surface area (Å²) in [7, 11) is 1.64. The zero-order valence-electron chi connectivity index (χ0n) is 18.3. The molecule has 0 unspecified atom stereocenters. The monoisotopic (exact) mass is 425 g/mol. The summed E-state index contributed by atoms with van der Waals surface area (Å²) in [5.74, 6) is 1.49. The Morgan fingerprint density at radius 1 is 1.16 bits per heavy atom. The number of anilines is 1. The van der Waals surface area contributed by atoms with Gasteiger partial charge in [0.2, 0.25) is 11.8 Å². The van der Waals surface area contributed by atoms with Gasteiger partial charge in [0.1, 0.15) is 11.6 Å². The molecule has 166 valence electrons. The van der Waals surface area contributed by atoms with E-state index in [0.29, 0.717) is 25.7 Å². The standard InChI is InChI=1S/C23H31N5O3/c1-17(29)27-14-13-26(15-20(27)19-9-5-6-10-21(19)31-2)16-23(30)25-22-11-12-24-28(22)18-7-3-4-8-18/h5-6,9-12,18,20H,3-4,7-8,13-16H2,1-2H3,(H,25,30)/t20-/m0/s1. The van der Waals surface area contributed by atoms with Gasteiger partial charge in [-0.3, -0.25) is 14.5 Å². The summed E-state index contributed by atoms with van der Waals surface area (Å²) in [5, 5.41) is 7.47. The number of ether oxygens (including phenoxy) is 1. The maximum absolute atomic E-state index is 12.8. The topological polar surface area (TPSA) is 79.7 Å². The molecule has 1 aromatic carbocycles. The smallest absolute Gasteiger partial charge is 0.239 e. The summed E-state index contributed by atoms with van der Waals surface area (Å²) in [6.07, 6.45) is 6.39. The summed E-state index contributed by atoms with van der Waals surface area (Å²) >= 11 is 0. The Bertz CT molecular complexity index is 921.